The summed E-state index contributed by atoms with van der Waals surface area (Å²) in [6.07, 6.45) is 4.99. The molecule has 21 heavy (non-hydrogen) atoms. The van der Waals surface area contributed by atoms with E-state index in [4.69, 9.17) is 0 Å². The van der Waals surface area contributed by atoms with Crippen LogP contribution in [0.4, 0.5) is 0 Å². The van der Waals surface area contributed by atoms with Gasteiger partial charge in [-0.2, -0.15) is 0 Å². The normalized spacial score (nSPS) is 11.1. The zero-order valence-electron chi connectivity index (χ0n) is 12.3. The Balaban J connectivity index is 1.70. The third kappa shape index (κ3) is 3.28. The van der Waals surface area contributed by atoms with Gasteiger partial charge in [0.2, 0.25) is 0 Å². The number of para-hydroxylation sites is 2. The van der Waals surface area contributed by atoms with Gasteiger partial charge in [-0.25, -0.2) is 4.98 Å². The molecule has 2 aromatic heterocycles. The van der Waals surface area contributed by atoms with Crippen LogP contribution in [0.5, 0.6) is 0 Å². The zero-order chi connectivity index (χ0) is 14.5. The molecule has 2 heterocycles. The molecule has 0 unspecified atom stereocenters. The van der Waals surface area contributed by atoms with Crippen molar-refractivity contribution >= 4 is 11.0 Å². The zero-order valence-corrected chi connectivity index (χ0v) is 12.3. The van der Waals surface area contributed by atoms with Crippen molar-refractivity contribution in [1.29, 1.82) is 0 Å². The highest BCUT2D eigenvalue weighted by atomic mass is 15.0. The van der Waals surface area contributed by atoms with Crippen molar-refractivity contribution in [2.75, 3.05) is 6.54 Å². The van der Waals surface area contributed by atoms with Crippen molar-refractivity contribution < 1.29 is 0 Å². The average Bonchev–Trinajstić information content (AvgIpc) is 2.93. The molecule has 0 aliphatic carbocycles. The molecule has 0 saturated heterocycles. The Morgan fingerprint density at radius 2 is 2.00 bits per heavy atom. The van der Waals surface area contributed by atoms with E-state index in [-0.39, 0.29) is 0 Å². The molecule has 1 aromatic carbocycles. The lowest BCUT2D eigenvalue weighted by molar-refractivity contribution is 0.672. The number of benzene rings is 1. The van der Waals surface area contributed by atoms with Crippen LogP contribution in [0.25, 0.3) is 11.0 Å². The van der Waals surface area contributed by atoms with Crippen LogP contribution in [0.2, 0.25) is 0 Å². The highest BCUT2D eigenvalue weighted by Gasteiger charge is 2.03. The lowest BCUT2D eigenvalue weighted by atomic mass is 10.2. The molecule has 4 heteroatoms. The van der Waals surface area contributed by atoms with Crippen molar-refractivity contribution in [3.63, 3.8) is 0 Å². The van der Waals surface area contributed by atoms with E-state index in [0.29, 0.717) is 0 Å². The summed E-state index contributed by atoms with van der Waals surface area (Å²) in [5.41, 5.74) is 4.45. The summed E-state index contributed by atoms with van der Waals surface area (Å²) >= 11 is 0. The van der Waals surface area contributed by atoms with Crippen LogP contribution >= 0.6 is 0 Å². The third-order valence-corrected chi connectivity index (χ3v) is 3.50. The molecule has 0 aliphatic rings. The molecule has 108 valence electrons. The summed E-state index contributed by atoms with van der Waals surface area (Å²) in [6.45, 7) is 4.85. The summed E-state index contributed by atoms with van der Waals surface area (Å²) in [4.78, 5) is 8.96. The Morgan fingerprint density at radius 1 is 1.10 bits per heavy atom. The molecule has 0 amide bonds. The maximum Gasteiger partial charge on any atom is 0.0962 e. The van der Waals surface area contributed by atoms with Gasteiger partial charge in [-0.3, -0.25) is 4.98 Å². The number of hydrogen-bond donors (Lipinski definition) is 1. The monoisotopic (exact) mass is 280 g/mol. The second kappa shape index (κ2) is 6.50. The summed E-state index contributed by atoms with van der Waals surface area (Å²) in [7, 11) is 0. The Hall–Kier alpha value is -2.20. The van der Waals surface area contributed by atoms with Crippen LogP contribution in [-0.2, 0) is 13.1 Å². The fourth-order valence-corrected chi connectivity index (χ4v) is 2.37. The highest BCUT2D eigenvalue weighted by Crippen LogP contribution is 2.13. The van der Waals surface area contributed by atoms with Gasteiger partial charge in [0.1, 0.15) is 0 Å². The van der Waals surface area contributed by atoms with Crippen LogP contribution in [-0.4, -0.2) is 21.1 Å². The maximum absolute atomic E-state index is 4.55. The first kappa shape index (κ1) is 13.8. The minimum absolute atomic E-state index is 0.753. The SMILES string of the molecule is CCCNCc1ccc(Cn2cnc3ccccc32)nc1. The first-order valence-electron chi connectivity index (χ1n) is 7.41. The van der Waals surface area contributed by atoms with E-state index in [1.54, 1.807) is 0 Å². The molecule has 3 rings (SSSR count). The van der Waals surface area contributed by atoms with E-state index >= 15 is 0 Å². The number of hydrogen-bond acceptors (Lipinski definition) is 3. The predicted octanol–water partition coefficient (Wildman–Crippen LogP) is 2.98. The maximum atomic E-state index is 4.55. The molecule has 4 nitrogen and oxygen atoms in total. The number of aromatic nitrogens is 3. The van der Waals surface area contributed by atoms with Gasteiger partial charge < -0.3 is 9.88 Å². The van der Waals surface area contributed by atoms with Gasteiger partial charge in [0.15, 0.2) is 0 Å². The first-order valence-corrected chi connectivity index (χ1v) is 7.41. The van der Waals surface area contributed by atoms with Crippen molar-refractivity contribution in [3.05, 3.63) is 60.2 Å². The fraction of sp³-hybridized carbons (Fsp3) is 0.294. The van der Waals surface area contributed by atoms with Gasteiger partial charge in [-0.15, -0.1) is 0 Å². The van der Waals surface area contributed by atoms with E-state index in [2.05, 4.69) is 45.0 Å². The second-order valence-corrected chi connectivity index (χ2v) is 5.20. The minimum Gasteiger partial charge on any atom is -0.324 e. The second-order valence-electron chi connectivity index (χ2n) is 5.20. The van der Waals surface area contributed by atoms with Gasteiger partial charge >= 0.3 is 0 Å². The molecule has 0 bridgehead atoms. The van der Waals surface area contributed by atoms with Crippen LogP contribution in [0.3, 0.4) is 0 Å². The van der Waals surface area contributed by atoms with E-state index in [0.717, 1.165) is 42.8 Å². The Labute approximate surface area is 124 Å². The van der Waals surface area contributed by atoms with Gasteiger partial charge in [0.05, 0.1) is 29.6 Å². The Morgan fingerprint density at radius 3 is 2.81 bits per heavy atom. The van der Waals surface area contributed by atoms with Crippen molar-refractivity contribution in [2.24, 2.45) is 0 Å². The number of nitrogens with zero attached hydrogens (tertiary/aromatic N) is 3. The number of imidazole rings is 1. The average molecular weight is 280 g/mol. The van der Waals surface area contributed by atoms with Gasteiger partial charge in [-0.05, 0) is 36.7 Å². The number of fused-ring (bicyclic) bond motifs is 1. The lowest BCUT2D eigenvalue weighted by Gasteiger charge is -2.06. The molecule has 0 atom stereocenters. The molecule has 0 saturated carbocycles. The molecule has 0 aliphatic heterocycles. The molecule has 0 fully saturated rings. The van der Waals surface area contributed by atoms with Crippen molar-refractivity contribution in [3.8, 4) is 0 Å². The van der Waals surface area contributed by atoms with E-state index in [1.807, 2.05) is 30.7 Å². The molecular formula is C17H20N4. The molecule has 0 spiro atoms. The standard InChI is InChI=1S/C17H20N4/c1-2-9-18-10-14-7-8-15(19-11-14)12-21-13-20-16-5-3-4-6-17(16)21/h3-8,11,13,18H,2,9-10,12H2,1H3. The van der Waals surface area contributed by atoms with Crippen molar-refractivity contribution in [2.45, 2.75) is 26.4 Å². The van der Waals surface area contributed by atoms with E-state index in [1.165, 1.54) is 5.56 Å². The van der Waals surface area contributed by atoms with Crippen LogP contribution < -0.4 is 5.32 Å². The topological polar surface area (TPSA) is 42.7 Å². The van der Waals surface area contributed by atoms with Gasteiger partial charge in [0.25, 0.3) is 0 Å². The van der Waals surface area contributed by atoms with Gasteiger partial charge in [0, 0.05) is 12.7 Å². The number of nitrogens with one attached hydrogen (secondary N) is 1. The Kier molecular flexibility index (Phi) is 4.26. The van der Waals surface area contributed by atoms with Crippen LogP contribution in [0, 0.1) is 0 Å². The Bertz CT molecular complexity index is 700. The van der Waals surface area contributed by atoms with Gasteiger partial charge in [-0.1, -0.05) is 25.1 Å². The predicted molar refractivity (Wildman–Crippen MR) is 85.1 cm³/mol. The molecular weight excluding hydrogens is 260 g/mol. The largest absolute Gasteiger partial charge is 0.324 e. The van der Waals surface area contributed by atoms with Crippen LogP contribution in [0.15, 0.2) is 48.9 Å². The summed E-state index contributed by atoms with van der Waals surface area (Å²) in [5.74, 6) is 0. The summed E-state index contributed by atoms with van der Waals surface area (Å²) in [6, 6.07) is 12.4. The lowest BCUT2D eigenvalue weighted by Crippen LogP contribution is -2.14. The first-order chi connectivity index (χ1) is 10.4. The molecule has 1 N–H and O–H groups in total. The molecule has 3 aromatic rings. The molecule has 0 radical (unpaired) electrons. The van der Waals surface area contributed by atoms with E-state index in [9.17, 15) is 0 Å². The van der Waals surface area contributed by atoms with Crippen LogP contribution in [0.1, 0.15) is 24.6 Å². The smallest absolute Gasteiger partial charge is 0.0962 e. The highest BCUT2D eigenvalue weighted by molar-refractivity contribution is 5.74. The minimum atomic E-state index is 0.753. The van der Waals surface area contributed by atoms with Crippen molar-refractivity contribution in [1.82, 2.24) is 19.9 Å². The fourth-order valence-electron chi connectivity index (χ4n) is 2.37. The third-order valence-electron chi connectivity index (χ3n) is 3.50. The summed E-state index contributed by atoms with van der Waals surface area (Å²) in [5, 5.41) is 3.39. The van der Waals surface area contributed by atoms with E-state index < -0.39 is 0 Å². The number of pyridine rings is 1. The quantitative estimate of drug-likeness (QED) is 0.706. The summed E-state index contributed by atoms with van der Waals surface area (Å²) < 4.78 is 2.13. The number of rotatable bonds is 6.